The third kappa shape index (κ3) is 2.91. The topological polar surface area (TPSA) is 101 Å². The SMILES string of the molecule is COC(=O)c1ccc(S(=O)(=O)N2CCCC2C(=O)O)cc1. The molecular formula is C13H15NO6S. The number of carboxylic acid groups (broad SMARTS) is 1. The monoisotopic (exact) mass is 313 g/mol. The zero-order chi connectivity index (χ0) is 15.6. The molecular weight excluding hydrogens is 298 g/mol. The second-order valence-corrected chi connectivity index (χ2v) is 6.52. The lowest BCUT2D eigenvalue weighted by atomic mass is 10.2. The summed E-state index contributed by atoms with van der Waals surface area (Å²) in [5.41, 5.74) is 0.229. The Morgan fingerprint density at radius 3 is 2.43 bits per heavy atom. The van der Waals surface area contributed by atoms with Crippen LogP contribution in [0.15, 0.2) is 29.2 Å². The number of hydrogen-bond donors (Lipinski definition) is 1. The molecule has 0 saturated carbocycles. The van der Waals surface area contributed by atoms with Crippen molar-refractivity contribution < 1.29 is 27.9 Å². The maximum Gasteiger partial charge on any atom is 0.337 e. The average molecular weight is 313 g/mol. The van der Waals surface area contributed by atoms with Gasteiger partial charge in [-0.1, -0.05) is 0 Å². The highest BCUT2D eigenvalue weighted by atomic mass is 32.2. The fourth-order valence-electron chi connectivity index (χ4n) is 2.29. The molecule has 21 heavy (non-hydrogen) atoms. The summed E-state index contributed by atoms with van der Waals surface area (Å²) < 4.78 is 30.4. The number of carbonyl (C=O) groups is 2. The molecule has 0 aliphatic carbocycles. The largest absolute Gasteiger partial charge is 0.480 e. The van der Waals surface area contributed by atoms with Crippen LogP contribution in [0.5, 0.6) is 0 Å². The number of carbonyl (C=O) groups excluding carboxylic acids is 1. The molecule has 114 valence electrons. The van der Waals surface area contributed by atoms with Gasteiger partial charge in [0.2, 0.25) is 10.0 Å². The van der Waals surface area contributed by atoms with Crippen LogP contribution in [0.4, 0.5) is 0 Å². The smallest absolute Gasteiger partial charge is 0.337 e. The molecule has 1 aromatic carbocycles. The van der Waals surface area contributed by atoms with Gasteiger partial charge < -0.3 is 9.84 Å². The molecule has 0 spiro atoms. The van der Waals surface area contributed by atoms with E-state index in [1.54, 1.807) is 0 Å². The summed E-state index contributed by atoms with van der Waals surface area (Å²) in [5, 5.41) is 9.08. The van der Waals surface area contributed by atoms with E-state index in [0.717, 1.165) is 4.31 Å². The molecule has 1 aromatic rings. The summed E-state index contributed by atoms with van der Waals surface area (Å²) in [4.78, 5) is 22.4. The fraction of sp³-hybridized carbons (Fsp3) is 0.385. The number of carboxylic acids is 1. The first-order valence-electron chi connectivity index (χ1n) is 6.31. The van der Waals surface area contributed by atoms with Crippen LogP contribution in [0.3, 0.4) is 0 Å². The number of nitrogens with zero attached hydrogens (tertiary/aromatic N) is 1. The van der Waals surface area contributed by atoms with Crippen molar-refractivity contribution in [2.24, 2.45) is 0 Å². The van der Waals surface area contributed by atoms with Gasteiger partial charge in [-0.15, -0.1) is 0 Å². The Hall–Kier alpha value is -1.93. The molecule has 0 radical (unpaired) electrons. The highest BCUT2D eigenvalue weighted by Gasteiger charge is 2.39. The lowest BCUT2D eigenvalue weighted by Gasteiger charge is -2.20. The number of methoxy groups -OCH3 is 1. The summed E-state index contributed by atoms with van der Waals surface area (Å²) in [5.74, 6) is -1.72. The maximum atomic E-state index is 12.4. The van der Waals surface area contributed by atoms with E-state index in [-0.39, 0.29) is 17.0 Å². The van der Waals surface area contributed by atoms with Crippen molar-refractivity contribution in [2.45, 2.75) is 23.8 Å². The Morgan fingerprint density at radius 1 is 1.29 bits per heavy atom. The van der Waals surface area contributed by atoms with E-state index < -0.39 is 28.0 Å². The first-order valence-corrected chi connectivity index (χ1v) is 7.75. The van der Waals surface area contributed by atoms with Crippen LogP contribution in [-0.4, -0.2) is 49.5 Å². The van der Waals surface area contributed by atoms with Crippen molar-refractivity contribution in [3.05, 3.63) is 29.8 Å². The van der Waals surface area contributed by atoms with Crippen molar-refractivity contribution in [2.75, 3.05) is 13.7 Å². The van der Waals surface area contributed by atoms with Gasteiger partial charge in [-0.2, -0.15) is 4.31 Å². The molecule has 0 bridgehead atoms. The van der Waals surface area contributed by atoms with E-state index in [2.05, 4.69) is 4.74 Å². The molecule has 7 nitrogen and oxygen atoms in total. The summed E-state index contributed by atoms with van der Waals surface area (Å²) in [7, 11) is -2.65. The number of sulfonamides is 1. The average Bonchev–Trinajstić information content (AvgIpc) is 2.97. The number of aliphatic carboxylic acids is 1. The third-order valence-electron chi connectivity index (χ3n) is 3.37. The minimum Gasteiger partial charge on any atom is -0.480 e. The van der Waals surface area contributed by atoms with Crippen molar-refractivity contribution in [1.82, 2.24) is 4.31 Å². The molecule has 1 aliphatic heterocycles. The summed E-state index contributed by atoms with van der Waals surface area (Å²) in [6, 6.07) is 4.20. The van der Waals surface area contributed by atoms with Crippen molar-refractivity contribution in [3.63, 3.8) is 0 Å². The van der Waals surface area contributed by atoms with Gasteiger partial charge >= 0.3 is 11.9 Å². The van der Waals surface area contributed by atoms with E-state index in [4.69, 9.17) is 5.11 Å². The quantitative estimate of drug-likeness (QED) is 0.822. The first kappa shape index (κ1) is 15.5. The Kier molecular flexibility index (Phi) is 4.29. The molecule has 8 heteroatoms. The molecule has 1 N–H and O–H groups in total. The number of rotatable bonds is 4. The first-order chi connectivity index (χ1) is 9.87. The van der Waals surface area contributed by atoms with Gasteiger partial charge in [0.05, 0.1) is 17.6 Å². The fourth-order valence-corrected chi connectivity index (χ4v) is 3.94. The summed E-state index contributed by atoms with van der Waals surface area (Å²) in [6.45, 7) is 0.179. The summed E-state index contributed by atoms with van der Waals surface area (Å²) in [6.07, 6.45) is 0.811. The molecule has 1 atom stereocenters. The Bertz CT molecular complexity index is 652. The number of hydrogen-bond acceptors (Lipinski definition) is 5. The molecule has 2 rings (SSSR count). The molecule has 0 aromatic heterocycles. The minimum atomic E-state index is -3.88. The Morgan fingerprint density at radius 2 is 1.90 bits per heavy atom. The Balaban J connectivity index is 2.31. The second kappa shape index (κ2) is 5.82. The van der Waals surface area contributed by atoms with Crippen LogP contribution in [0, 0.1) is 0 Å². The predicted molar refractivity (Wildman–Crippen MR) is 72.3 cm³/mol. The molecule has 1 fully saturated rings. The zero-order valence-electron chi connectivity index (χ0n) is 11.4. The van der Waals surface area contributed by atoms with E-state index in [1.807, 2.05) is 0 Å². The number of esters is 1. The van der Waals surface area contributed by atoms with Gasteiger partial charge in [-0.25, -0.2) is 13.2 Å². The minimum absolute atomic E-state index is 0.0386. The standard InChI is InChI=1S/C13H15NO6S/c1-20-13(17)9-4-6-10(7-5-9)21(18,19)14-8-2-3-11(14)12(15)16/h4-7,11H,2-3,8H2,1H3,(H,15,16). The van der Waals surface area contributed by atoms with E-state index in [9.17, 15) is 18.0 Å². The molecule has 1 aliphatic rings. The van der Waals surface area contributed by atoms with Crippen molar-refractivity contribution in [3.8, 4) is 0 Å². The van der Waals surface area contributed by atoms with Gasteiger partial charge in [0.15, 0.2) is 0 Å². The molecule has 0 amide bonds. The number of benzene rings is 1. The highest BCUT2D eigenvalue weighted by molar-refractivity contribution is 7.89. The van der Waals surface area contributed by atoms with Gasteiger partial charge in [-0.3, -0.25) is 4.79 Å². The van der Waals surface area contributed by atoms with Crippen LogP contribution in [0.25, 0.3) is 0 Å². The predicted octanol–water partition coefficient (Wildman–Crippen LogP) is 0.711. The van der Waals surface area contributed by atoms with Gasteiger partial charge in [-0.05, 0) is 37.1 Å². The summed E-state index contributed by atoms with van der Waals surface area (Å²) >= 11 is 0. The highest BCUT2D eigenvalue weighted by Crippen LogP contribution is 2.26. The lowest BCUT2D eigenvalue weighted by Crippen LogP contribution is -2.40. The zero-order valence-corrected chi connectivity index (χ0v) is 12.2. The second-order valence-electron chi connectivity index (χ2n) is 4.63. The molecule has 1 saturated heterocycles. The van der Waals surface area contributed by atoms with Crippen LogP contribution in [-0.2, 0) is 19.6 Å². The maximum absolute atomic E-state index is 12.4. The van der Waals surface area contributed by atoms with Crippen LogP contribution in [0.1, 0.15) is 23.2 Å². The van der Waals surface area contributed by atoms with Crippen molar-refractivity contribution >= 4 is 22.0 Å². The van der Waals surface area contributed by atoms with Gasteiger partial charge in [0.1, 0.15) is 6.04 Å². The lowest BCUT2D eigenvalue weighted by molar-refractivity contribution is -0.140. The normalized spacial score (nSPS) is 19.4. The van der Waals surface area contributed by atoms with Crippen LogP contribution >= 0.6 is 0 Å². The van der Waals surface area contributed by atoms with Gasteiger partial charge in [0.25, 0.3) is 0 Å². The molecule has 1 unspecified atom stereocenters. The van der Waals surface area contributed by atoms with E-state index >= 15 is 0 Å². The van der Waals surface area contributed by atoms with Crippen molar-refractivity contribution in [1.29, 1.82) is 0 Å². The van der Waals surface area contributed by atoms with E-state index in [1.165, 1.54) is 31.4 Å². The third-order valence-corrected chi connectivity index (χ3v) is 5.29. The van der Waals surface area contributed by atoms with E-state index in [0.29, 0.717) is 12.8 Å². The van der Waals surface area contributed by atoms with Gasteiger partial charge in [0, 0.05) is 6.54 Å². The number of ether oxygens (including phenoxy) is 1. The molecule has 1 heterocycles. The Labute approximate surface area is 122 Å². The van der Waals surface area contributed by atoms with Crippen LogP contribution in [0.2, 0.25) is 0 Å². The van der Waals surface area contributed by atoms with Crippen LogP contribution < -0.4 is 0 Å².